The zero-order valence-electron chi connectivity index (χ0n) is 17.5. The van der Waals surface area contributed by atoms with E-state index < -0.39 is 4.92 Å². The maximum absolute atomic E-state index is 12.4. The van der Waals surface area contributed by atoms with Gasteiger partial charge < -0.3 is 14.3 Å². The predicted octanol–water partition coefficient (Wildman–Crippen LogP) is 4.14. The summed E-state index contributed by atoms with van der Waals surface area (Å²) >= 11 is 1.09. The molecular weight excluding hydrogens is 418 g/mol. The number of fused-ring (bicyclic) bond motifs is 2. The van der Waals surface area contributed by atoms with Gasteiger partial charge in [-0.05, 0) is 37.0 Å². The Hall–Kier alpha value is -3.11. The number of nitrogens with zero attached hydrogens (tertiary/aromatic N) is 4. The van der Waals surface area contributed by atoms with E-state index >= 15 is 0 Å². The van der Waals surface area contributed by atoms with E-state index in [1.165, 1.54) is 6.07 Å². The van der Waals surface area contributed by atoms with Crippen LogP contribution < -0.4 is 5.56 Å². The second kappa shape index (κ2) is 8.56. The van der Waals surface area contributed by atoms with Gasteiger partial charge in [0.15, 0.2) is 5.82 Å². The highest BCUT2D eigenvalue weighted by Gasteiger charge is 2.19. The number of aryl methyl sites for hydroxylation is 1. The Labute approximate surface area is 181 Å². The summed E-state index contributed by atoms with van der Waals surface area (Å²) in [6, 6.07) is 6.95. The van der Waals surface area contributed by atoms with Gasteiger partial charge in [0.25, 0.3) is 5.56 Å². The fourth-order valence-electron chi connectivity index (χ4n) is 3.60. The molecule has 0 spiro atoms. The summed E-state index contributed by atoms with van der Waals surface area (Å²) < 4.78 is 7.24. The third-order valence-electron chi connectivity index (χ3n) is 4.96. The number of nitro groups is 1. The number of hydrogen-bond donors (Lipinski definition) is 1. The number of aromatic amines is 1. The highest BCUT2D eigenvalue weighted by atomic mass is 32.1. The van der Waals surface area contributed by atoms with Gasteiger partial charge in [-0.1, -0.05) is 25.2 Å². The summed E-state index contributed by atoms with van der Waals surface area (Å²) in [5.41, 5.74) is 3.21. The Balaban J connectivity index is 1.89. The lowest BCUT2D eigenvalue weighted by molar-refractivity contribution is -0.380. The van der Waals surface area contributed by atoms with E-state index in [-0.39, 0.29) is 10.6 Å². The van der Waals surface area contributed by atoms with Crippen LogP contribution in [-0.4, -0.2) is 38.2 Å². The topological polar surface area (TPSA) is 116 Å². The maximum Gasteiger partial charge on any atom is 0.324 e. The van der Waals surface area contributed by atoms with Crippen molar-refractivity contribution >= 4 is 38.4 Å². The normalized spacial score (nSPS) is 11.7. The van der Waals surface area contributed by atoms with Crippen molar-refractivity contribution in [3.63, 3.8) is 0 Å². The molecule has 0 radical (unpaired) electrons. The molecule has 4 rings (SSSR count). The minimum Gasteiger partial charge on any atom is -0.385 e. The van der Waals surface area contributed by atoms with Gasteiger partial charge in [0.1, 0.15) is 5.69 Å². The van der Waals surface area contributed by atoms with Crippen molar-refractivity contribution in [3.8, 4) is 10.7 Å². The number of ether oxygens (including phenoxy) is 1. The molecule has 3 heterocycles. The monoisotopic (exact) mass is 441 g/mol. The van der Waals surface area contributed by atoms with E-state index in [1.807, 2.05) is 30.5 Å². The lowest BCUT2D eigenvalue weighted by atomic mass is 10.1. The maximum atomic E-state index is 12.4. The smallest absolute Gasteiger partial charge is 0.324 e. The largest absolute Gasteiger partial charge is 0.385 e. The fraction of sp³-hybridized carbons (Fsp3) is 0.381. The molecule has 0 aliphatic heterocycles. The van der Waals surface area contributed by atoms with E-state index in [2.05, 4.69) is 9.97 Å². The van der Waals surface area contributed by atoms with Crippen molar-refractivity contribution < 1.29 is 9.66 Å². The Morgan fingerprint density at radius 1 is 1.26 bits per heavy atom. The van der Waals surface area contributed by atoms with Crippen LogP contribution >= 0.6 is 11.3 Å². The quantitative estimate of drug-likeness (QED) is 0.249. The molecule has 10 heteroatoms. The molecule has 3 aromatic heterocycles. The summed E-state index contributed by atoms with van der Waals surface area (Å²) in [5.74, 6) is 0.972. The number of imidazole rings is 1. The van der Waals surface area contributed by atoms with E-state index in [9.17, 15) is 14.9 Å². The van der Waals surface area contributed by atoms with Crippen molar-refractivity contribution in [3.05, 3.63) is 50.4 Å². The van der Waals surface area contributed by atoms with Gasteiger partial charge in [0, 0.05) is 26.3 Å². The number of rotatable bonds is 8. The fourth-order valence-corrected chi connectivity index (χ4v) is 4.41. The lowest BCUT2D eigenvalue weighted by Gasteiger charge is -2.09. The van der Waals surface area contributed by atoms with Crippen LogP contribution in [0.5, 0.6) is 0 Å². The average molecular weight is 442 g/mol. The van der Waals surface area contributed by atoms with E-state index in [4.69, 9.17) is 9.72 Å². The zero-order valence-corrected chi connectivity index (χ0v) is 18.4. The van der Waals surface area contributed by atoms with Gasteiger partial charge in [-0.2, -0.15) is 0 Å². The van der Waals surface area contributed by atoms with Crippen LogP contribution in [0.2, 0.25) is 0 Å². The van der Waals surface area contributed by atoms with Gasteiger partial charge >= 0.3 is 5.00 Å². The van der Waals surface area contributed by atoms with Crippen LogP contribution in [0.3, 0.4) is 0 Å². The summed E-state index contributed by atoms with van der Waals surface area (Å²) in [5, 5.41) is 11.2. The minimum absolute atomic E-state index is 0.0694. The Morgan fingerprint density at radius 2 is 2.06 bits per heavy atom. The van der Waals surface area contributed by atoms with Crippen LogP contribution in [0.1, 0.15) is 26.0 Å². The number of hydrogen-bond acceptors (Lipinski definition) is 7. The van der Waals surface area contributed by atoms with Crippen LogP contribution in [0.15, 0.2) is 29.1 Å². The van der Waals surface area contributed by atoms with Crippen molar-refractivity contribution in [2.45, 2.75) is 33.2 Å². The molecule has 31 heavy (non-hydrogen) atoms. The number of nitrogens with one attached hydrogen (secondary N) is 1. The van der Waals surface area contributed by atoms with Crippen molar-refractivity contribution in [1.29, 1.82) is 0 Å². The first-order chi connectivity index (χ1) is 14.9. The number of aromatic nitrogens is 4. The van der Waals surface area contributed by atoms with Gasteiger partial charge in [0.2, 0.25) is 0 Å². The van der Waals surface area contributed by atoms with Crippen molar-refractivity contribution in [1.82, 2.24) is 19.5 Å². The number of H-pyrrole nitrogens is 1. The first-order valence-electron chi connectivity index (χ1n) is 10.0. The van der Waals surface area contributed by atoms with Gasteiger partial charge in [-0.3, -0.25) is 14.9 Å². The Kier molecular flexibility index (Phi) is 5.84. The van der Waals surface area contributed by atoms with Gasteiger partial charge in [-0.15, -0.1) is 0 Å². The van der Waals surface area contributed by atoms with Crippen LogP contribution in [0, 0.1) is 16.0 Å². The van der Waals surface area contributed by atoms with Gasteiger partial charge in [-0.25, -0.2) is 9.97 Å². The first kappa shape index (κ1) is 21.1. The Morgan fingerprint density at radius 3 is 2.74 bits per heavy atom. The molecular formula is C21H23N5O4S. The molecule has 0 bridgehead atoms. The van der Waals surface area contributed by atoms with Crippen LogP contribution in [0.25, 0.3) is 32.8 Å². The van der Waals surface area contributed by atoms with E-state index in [0.717, 1.165) is 23.3 Å². The first-order valence-corrected chi connectivity index (χ1v) is 10.9. The second-order valence-electron chi connectivity index (χ2n) is 7.80. The molecule has 0 aliphatic rings. The molecule has 162 valence electrons. The minimum atomic E-state index is -0.398. The molecule has 0 aliphatic carbocycles. The summed E-state index contributed by atoms with van der Waals surface area (Å²) in [4.78, 5) is 36.2. The van der Waals surface area contributed by atoms with E-state index in [1.54, 1.807) is 13.2 Å². The standard InChI is InChI=1S/C21H23N5O4S/c1-12(2)9-16-21(27)24-13-10-15-17(11-14(13)22-16)25(7-4-8-30-3)20(23-15)18-5-6-19(31-18)26(28)29/h5-6,10-12H,4,7-9H2,1-3H3,(H,24,27). The second-order valence-corrected chi connectivity index (χ2v) is 8.86. The number of methoxy groups -OCH3 is 1. The molecule has 1 N–H and O–H groups in total. The summed E-state index contributed by atoms with van der Waals surface area (Å²) in [7, 11) is 1.65. The van der Waals surface area contributed by atoms with Crippen LogP contribution in [-0.2, 0) is 17.7 Å². The lowest BCUT2D eigenvalue weighted by Crippen LogP contribution is -2.17. The van der Waals surface area contributed by atoms with Crippen molar-refractivity contribution in [2.75, 3.05) is 13.7 Å². The third kappa shape index (κ3) is 4.21. The molecule has 0 amide bonds. The highest BCUT2D eigenvalue weighted by Crippen LogP contribution is 2.35. The molecule has 0 atom stereocenters. The zero-order chi connectivity index (χ0) is 22.1. The Bertz CT molecular complexity index is 1320. The summed E-state index contributed by atoms with van der Waals surface area (Å²) in [6.07, 6.45) is 1.36. The molecule has 4 aromatic rings. The van der Waals surface area contributed by atoms with E-state index in [0.29, 0.717) is 58.4 Å². The molecule has 0 fully saturated rings. The van der Waals surface area contributed by atoms with Gasteiger partial charge in [0.05, 0.1) is 31.9 Å². The average Bonchev–Trinajstić information content (AvgIpc) is 3.32. The SMILES string of the molecule is COCCCn1c(-c2ccc([N+](=O)[O-])s2)nc2cc3[nH]c(=O)c(CC(C)C)nc3cc21. The molecule has 0 unspecified atom stereocenters. The van der Waals surface area contributed by atoms with Crippen molar-refractivity contribution in [2.24, 2.45) is 5.92 Å². The van der Waals surface area contributed by atoms with Crippen LogP contribution in [0.4, 0.5) is 5.00 Å². The predicted molar refractivity (Wildman–Crippen MR) is 121 cm³/mol. The highest BCUT2D eigenvalue weighted by molar-refractivity contribution is 7.18. The molecule has 9 nitrogen and oxygen atoms in total. The number of thiophene rings is 1. The number of benzene rings is 1. The molecule has 0 saturated carbocycles. The summed E-state index contributed by atoms with van der Waals surface area (Å²) in [6.45, 7) is 5.32. The molecule has 0 saturated heterocycles. The third-order valence-corrected chi connectivity index (χ3v) is 5.99. The molecule has 1 aromatic carbocycles.